The Morgan fingerprint density at radius 2 is 2.08 bits per heavy atom. The SMILES string of the molecule is CNC(=O)c1ccc(CN2C[C@H]3CN(S(C)(=O)=O)C[C@@]3(C(=O)O)C2)o1. The van der Waals surface area contributed by atoms with Gasteiger partial charge >= 0.3 is 5.97 Å². The monoisotopic (exact) mass is 371 g/mol. The standard InChI is InChI=1S/C15H21N3O6S/c1-16-13(19)12-4-3-11(24-12)7-17-5-10-6-18(25(2,22)23)9-15(10,8-17)14(20)21/h3-4,10H,5-9H2,1-2H3,(H,16,19)(H,20,21)/t10-,15-/m0/s1. The van der Waals surface area contributed by atoms with Crippen molar-refractivity contribution in [2.45, 2.75) is 6.54 Å². The number of nitrogens with zero attached hydrogens (tertiary/aromatic N) is 2. The highest BCUT2D eigenvalue weighted by Gasteiger charge is 2.59. The van der Waals surface area contributed by atoms with Crippen LogP contribution in [0.3, 0.4) is 0 Å². The van der Waals surface area contributed by atoms with Crippen LogP contribution in [0.25, 0.3) is 0 Å². The van der Waals surface area contributed by atoms with Gasteiger partial charge in [-0.3, -0.25) is 14.5 Å². The first-order chi connectivity index (χ1) is 11.7. The number of carbonyl (C=O) groups excluding carboxylic acids is 1. The van der Waals surface area contributed by atoms with Crippen LogP contribution in [0.4, 0.5) is 0 Å². The zero-order valence-corrected chi connectivity index (χ0v) is 14.9. The molecule has 3 rings (SSSR count). The lowest BCUT2D eigenvalue weighted by molar-refractivity contribution is -0.148. The quantitative estimate of drug-likeness (QED) is 0.710. The van der Waals surface area contributed by atoms with Crippen LogP contribution >= 0.6 is 0 Å². The van der Waals surface area contributed by atoms with Crippen LogP contribution in [0.2, 0.25) is 0 Å². The Hall–Kier alpha value is -1.91. The average Bonchev–Trinajstić information content (AvgIpc) is 3.18. The molecule has 2 aliphatic rings. The summed E-state index contributed by atoms with van der Waals surface area (Å²) >= 11 is 0. The topological polar surface area (TPSA) is 120 Å². The third-order valence-corrected chi connectivity index (χ3v) is 6.25. The van der Waals surface area contributed by atoms with Gasteiger partial charge in [0.05, 0.1) is 18.2 Å². The highest BCUT2D eigenvalue weighted by molar-refractivity contribution is 7.88. The minimum absolute atomic E-state index is 0.00994. The predicted octanol–water partition coefficient (Wildman–Crippen LogP) is -0.583. The van der Waals surface area contributed by atoms with Crippen molar-refractivity contribution in [2.24, 2.45) is 11.3 Å². The number of hydrogen-bond donors (Lipinski definition) is 2. The van der Waals surface area contributed by atoms with Crippen molar-refractivity contribution in [3.05, 3.63) is 23.7 Å². The average molecular weight is 371 g/mol. The van der Waals surface area contributed by atoms with Crippen LogP contribution in [-0.2, 0) is 21.4 Å². The smallest absolute Gasteiger partial charge is 0.312 e. The molecule has 138 valence electrons. The van der Waals surface area contributed by atoms with Gasteiger partial charge in [-0.2, -0.15) is 0 Å². The molecule has 0 spiro atoms. The minimum atomic E-state index is -3.41. The maximum absolute atomic E-state index is 11.9. The van der Waals surface area contributed by atoms with Crippen molar-refractivity contribution in [2.75, 3.05) is 39.5 Å². The number of carboxylic acids is 1. The highest BCUT2D eigenvalue weighted by Crippen LogP contribution is 2.44. The summed E-state index contributed by atoms with van der Waals surface area (Å²) in [5, 5.41) is 12.2. The lowest BCUT2D eigenvalue weighted by Gasteiger charge is -2.24. The molecule has 3 heterocycles. The molecule has 25 heavy (non-hydrogen) atoms. The lowest BCUT2D eigenvalue weighted by atomic mass is 9.81. The molecule has 0 aromatic carbocycles. The fourth-order valence-corrected chi connectivity index (χ4v) is 4.64. The molecular weight excluding hydrogens is 350 g/mol. The molecule has 9 nitrogen and oxygen atoms in total. The van der Waals surface area contributed by atoms with Gasteiger partial charge in [-0.15, -0.1) is 0 Å². The maximum Gasteiger partial charge on any atom is 0.312 e. The summed E-state index contributed by atoms with van der Waals surface area (Å²) in [6.07, 6.45) is 1.10. The number of carboxylic acid groups (broad SMARTS) is 1. The van der Waals surface area contributed by atoms with E-state index in [4.69, 9.17) is 4.42 Å². The molecule has 2 saturated heterocycles. The fourth-order valence-electron chi connectivity index (χ4n) is 3.73. The molecular formula is C15H21N3O6S. The van der Waals surface area contributed by atoms with E-state index in [0.29, 0.717) is 18.8 Å². The van der Waals surface area contributed by atoms with Crippen molar-refractivity contribution in [3.63, 3.8) is 0 Å². The van der Waals surface area contributed by atoms with E-state index in [0.717, 1.165) is 6.26 Å². The summed E-state index contributed by atoms with van der Waals surface area (Å²) in [6, 6.07) is 3.26. The fraction of sp³-hybridized carbons (Fsp3) is 0.600. The molecule has 0 bridgehead atoms. The molecule has 2 atom stereocenters. The van der Waals surface area contributed by atoms with Gasteiger partial charge in [-0.25, -0.2) is 12.7 Å². The summed E-state index contributed by atoms with van der Waals surface area (Å²) in [7, 11) is -1.90. The zero-order chi connectivity index (χ0) is 18.4. The Balaban J connectivity index is 1.73. The summed E-state index contributed by atoms with van der Waals surface area (Å²) < 4.78 is 30.3. The second-order valence-corrected chi connectivity index (χ2v) is 8.71. The van der Waals surface area contributed by atoms with Crippen molar-refractivity contribution in [1.29, 1.82) is 0 Å². The maximum atomic E-state index is 11.9. The van der Waals surface area contributed by atoms with E-state index in [9.17, 15) is 23.1 Å². The van der Waals surface area contributed by atoms with Crippen LogP contribution in [0.1, 0.15) is 16.3 Å². The second kappa shape index (κ2) is 6.11. The van der Waals surface area contributed by atoms with E-state index in [1.807, 2.05) is 4.90 Å². The first-order valence-corrected chi connectivity index (χ1v) is 9.72. The Bertz CT molecular complexity index is 804. The number of amides is 1. The number of carbonyl (C=O) groups is 2. The number of nitrogens with one attached hydrogen (secondary N) is 1. The molecule has 2 aliphatic heterocycles. The van der Waals surface area contributed by atoms with Gasteiger partial charge in [0.1, 0.15) is 5.76 Å². The lowest BCUT2D eigenvalue weighted by Crippen LogP contribution is -2.41. The van der Waals surface area contributed by atoms with Gasteiger partial charge in [-0.05, 0) is 12.1 Å². The normalized spacial score (nSPS) is 27.4. The Morgan fingerprint density at radius 3 is 2.64 bits per heavy atom. The summed E-state index contributed by atoms with van der Waals surface area (Å²) in [5.74, 6) is -0.799. The third kappa shape index (κ3) is 3.16. The van der Waals surface area contributed by atoms with Crippen molar-refractivity contribution >= 4 is 21.9 Å². The van der Waals surface area contributed by atoms with E-state index < -0.39 is 21.4 Å². The van der Waals surface area contributed by atoms with Crippen LogP contribution in [0.15, 0.2) is 16.5 Å². The van der Waals surface area contributed by atoms with E-state index in [-0.39, 0.29) is 37.2 Å². The zero-order valence-electron chi connectivity index (χ0n) is 14.1. The third-order valence-electron chi connectivity index (χ3n) is 5.04. The Kier molecular flexibility index (Phi) is 4.38. The summed E-state index contributed by atoms with van der Waals surface area (Å²) in [4.78, 5) is 25.4. The van der Waals surface area contributed by atoms with Crippen LogP contribution in [-0.4, -0.2) is 74.1 Å². The first kappa shape index (κ1) is 17.9. The molecule has 2 N–H and O–H groups in total. The number of rotatable bonds is 5. The molecule has 0 saturated carbocycles. The number of likely N-dealkylation sites (tertiary alicyclic amines) is 1. The van der Waals surface area contributed by atoms with Crippen molar-refractivity contribution < 1.29 is 27.5 Å². The van der Waals surface area contributed by atoms with E-state index in [1.165, 1.54) is 11.4 Å². The molecule has 0 aliphatic carbocycles. The molecule has 1 aromatic rings. The van der Waals surface area contributed by atoms with E-state index in [1.54, 1.807) is 12.1 Å². The Morgan fingerprint density at radius 1 is 1.36 bits per heavy atom. The summed E-state index contributed by atoms with van der Waals surface area (Å²) in [5.41, 5.74) is -1.10. The summed E-state index contributed by atoms with van der Waals surface area (Å²) in [6.45, 7) is 1.29. The molecule has 1 aromatic heterocycles. The van der Waals surface area contributed by atoms with Gasteiger partial charge in [0, 0.05) is 39.1 Å². The van der Waals surface area contributed by atoms with Crippen LogP contribution < -0.4 is 5.32 Å². The van der Waals surface area contributed by atoms with Gasteiger partial charge in [0.25, 0.3) is 5.91 Å². The van der Waals surface area contributed by atoms with Gasteiger partial charge in [-0.1, -0.05) is 0 Å². The molecule has 2 fully saturated rings. The number of fused-ring (bicyclic) bond motifs is 1. The number of furan rings is 1. The number of aliphatic carboxylic acids is 1. The number of hydrogen-bond acceptors (Lipinski definition) is 6. The second-order valence-electron chi connectivity index (χ2n) is 6.73. The van der Waals surface area contributed by atoms with Crippen LogP contribution in [0.5, 0.6) is 0 Å². The first-order valence-electron chi connectivity index (χ1n) is 7.87. The molecule has 10 heteroatoms. The highest BCUT2D eigenvalue weighted by atomic mass is 32.2. The largest absolute Gasteiger partial charge is 0.481 e. The predicted molar refractivity (Wildman–Crippen MR) is 87.4 cm³/mol. The van der Waals surface area contributed by atoms with E-state index in [2.05, 4.69) is 5.32 Å². The number of sulfonamides is 1. The van der Waals surface area contributed by atoms with Gasteiger partial charge in [0.2, 0.25) is 10.0 Å². The van der Waals surface area contributed by atoms with Crippen LogP contribution in [0, 0.1) is 11.3 Å². The van der Waals surface area contributed by atoms with Crippen molar-refractivity contribution in [1.82, 2.24) is 14.5 Å². The molecule has 0 unspecified atom stereocenters. The van der Waals surface area contributed by atoms with Crippen molar-refractivity contribution in [3.8, 4) is 0 Å². The van der Waals surface area contributed by atoms with Gasteiger partial charge in [0.15, 0.2) is 5.76 Å². The molecule has 0 radical (unpaired) electrons. The molecule has 1 amide bonds. The van der Waals surface area contributed by atoms with Gasteiger partial charge < -0.3 is 14.8 Å². The minimum Gasteiger partial charge on any atom is -0.481 e. The Labute approximate surface area is 145 Å². The van der Waals surface area contributed by atoms with E-state index >= 15 is 0 Å².